The van der Waals surface area contributed by atoms with E-state index >= 15 is 0 Å². The van der Waals surface area contributed by atoms with Crippen LogP contribution in [0.25, 0.3) is 0 Å². The Morgan fingerprint density at radius 1 is 1.20 bits per heavy atom. The number of amides is 1. The van der Waals surface area contributed by atoms with Gasteiger partial charge >= 0.3 is 0 Å². The second kappa shape index (κ2) is 9.55. The molecule has 1 aliphatic rings. The average molecular weight is 387 g/mol. The fourth-order valence-electron chi connectivity index (χ4n) is 3.01. The molecule has 1 aromatic rings. The molecule has 1 fully saturated rings. The Bertz CT molecular complexity index is 653. The summed E-state index contributed by atoms with van der Waals surface area (Å²) < 4.78 is 26.6. The van der Waals surface area contributed by atoms with Crippen molar-refractivity contribution in [3.05, 3.63) is 34.9 Å². The first-order chi connectivity index (χ1) is 11.9. The van der Waals surface area contributed by atoms with E-state index in [0.29, 0.717) is 37.5 Å². The fourth-order valence-corrected chi connectivity index (χ4v) is 4.70. The van der Waals surface area contributed by atoms with Crippen LogP contribution < -0.4 is 5.32 Å². The third-order valence-electron chi connectivity index (χ3n) is 4.56. The topological polar surface area (TPSA) is 66.5 Å². The molecule has 25 heavy (non-hydrogen) atoms. The number of hydrogen-bond acceptors (Lipinski definition) is 3. The van der Waals surface area contributed by atoms with Crippen molar-refractivity contribution in [2.75, 3.05) is 19.6 Å². The maximum absolute atomic E-state index is 12.6. The monoisotopic (exact) mass is 386 g/mol. The van der Waals surface area contributed by atoms with E-state index in [1.165, 1.54) is 4.31 Å². The molecule has 0 radical (unpaired) electrons. The van der Waals surface area contributed by atoms with Gasteiger partial charge in [0, 0.05) is 30.6 Å². The van der Waals surface area contributed by atoms with Crippen molar-refractivity contribution >= 4 is 27.5 Å². The summed E-state index contributed by atoms with van der Waals surface area (Å²) in [4.78, 5) is 12.1. The van der Waals surface area contributed by atoms with Crippen molar-refractivity contribution in [1.29, 1.82) is 0 Å². The molecule has 1 saturated heterocycles. The molecular weight excluding hydrogens is 360 g/mol. The van der Waals surface area contributed by atoms with Crippen molar-refractivity contribution in [1.82, 2.24) is 9.62 Å². The zero-order valence-electron chi connectivity index (χ0n) is 14.7. The fraction of sp³-hybridized carbons (Fsp3) is 0.611. The van der Waals surface area contributed by atoms with Gasteiger partial charge in [0.25, 0.3) is 0 Å². The van der Waals surface area contributed by atoms with Crippen LogP contribution in [0, 0.1) is 5.92 Å². The highest BCUT2D eigenvalue weighted by molar-refractivity contribution is 7.88. The molecule has 1 aliphatic heterocycles. The summed E-state index contributed by atoms with van der Waals surface area (Å²) in [5.74, 6) is -0.0487. The van der Waals surface area contributed by atoms with Gasteiger partial charge in [-0.15, -0.1) is 0 Å². The standard InChI is InChI=1S/C18H27ClN2O3S/c1-2-3-4-11-20-18(22)16-9-12-21(13-10-16)25(23,24)14-15-5-7-17(19)8-6-15/h5-8,16H,2-4,9-14H2,1H3,(H,20,22). The zero-order valence-corrected chi connectivity index (χ0v) is 16.3. The van der Waals surface area contributed by atoms with E-state index < -0.39 is 10.0 Å². The van der Waals surface area contributed by atoms with E-state index in [4.69, 9.17) is 11.6 Å². The van der Waals surface area contributed by atoms with E-state index in [-0.39, 0.29) is 17.6 Å². The van der Waals surface area contributed by atoms with Crippen molar-refractivity contribution in [2.45, 2.75) is 44.8 Å². The highest BCUT2D eigenvalue weighted by Gasteiger charge is 2.30. The molecule has 0 aromatic heterocycles. The number of carbonyl (C=O) groups excluding carboxylic acids is 1. The third-order valence-corrected chi connectivity index (χ3v) is 6.66. The van der Waals surface area contributed by atoms with Crippen LogP contribution in [-0.2, 0) is 20.6 Å². The molecule has 7 heteroatoms. The predicted molar refractivity (Wildman–Crippen MR) is 101 cm³/mol. The molecule has 1 aromatic carbocycles. The molecule has 1 amide bonds. The Morgan fingerprint density at radius 3 is 2.44 bits per heavy atom. The Labute approximate surface area is 155 Å². The lowest BCUT2D eigenvalue weighted by Gasteiger charge is -2.30. The van der Waals surface area contributed by atoms with Gasteiger partial charge in [-0.3, -0.25) is 4.79 Å². The van der Waals surface area contributed by atoms with Crippen LogP contribution in [0.1, 0.15) is 44.6 Å². The number of rotatable bonds is 8. The molecule has 0 aliphatic carbocycles. The lowest BCUT2D eigenvalue weighted by atomic mass is 9.97. The van der Waals surface area contributed by atoms with Crippen LogP contribution in [0.3, 0.4) is 0 Å². The van der Waals surface area contributed by atoms with Crippen molar-refractivity contribution in [3.63, 3.8) is 0 Å². The second-order valence-electron chi connectivity index (χ2n) is 6.55. The van der Waals surface area contributed by atoms with E-state index in [1.54, 1.807) is 24.3 Å². The number of benzene rings is 1. The number of nitrogens with zero attached hydrogens (tertiary/aromatic N) is 1. The minimum atomic E-state index is -3.36. The van der Waals surface area contributed by atoms with Crippen LogP contribution in [0.15, 0.2) is 24.3 Å². The number of sulfonamides is 1. The van der Waals surface area contributed by atoms with Crippen LogP contribution in [0.2, 0.25) is 5.02 Å². The highest BCUT2D eigenvalue weighted by Crippen LogP contribution is 2.22. The van der Waals surface area contributed by atoms with Gasteiger partial charge in [0.05, 0.1) is 5.75 Å². The van der Waals surface area contributed by atoms with Crippen molar-refractivity contribution < 1.29 is 13.2 Å². The van der Waals surface area contributed by atoms with Gasteiger partial charge in [-0.05, 0) is 37.0 Å². The molecule has 0 saturated carbocycles. The largest absolute Gasteiger partial charge is 0.356 e. The second-order valence-corrected chi connectivity index (χ2v) is 8.96. The molecule has 5 nitrogen and oxygen atoms in total. The van der Waals surface area contributed by atoms with E-state index in [9.17, 15) is 13.2 Å². The highest BCUT2D eigenvalue weighted by atomic mass is 35.5. The predicted octanol–water partition coefficient (Wildman–Crippen LogP) is 3.19. The van der Waals surface area contributed by atoms with Gasteiger partial charge in [0.1, 0.15) is 0 Å². The smallest absolute Gasteiger partial charge is 0.223 e. The number of hydrogen-bond donors (Lipinski definition) is 1. The van der Waals surface area contributed by atoms with Gasteiger partial charge < -0.3 is 5.32 Å². The molecule has 140 valence electrons. The van der Waals surface area contributed by atoms with Crippen LogP contribution in [0.4, 0.5) is 0 Å². The Hall–Kier alpha value is -1.11. The molecule has 0 bridgehead atoms. The SMILES string of the molecule is CCCCCNC(=O)C1CCN(S(=O)(=O)Cc2ccc(Cl)cc2)CC1. The summed E-state index contributed by atoms with van der Waals surface area (Å²) in [6.07, 6.45) is 4.40. The van der Waals surface area contributed by atoms with Crippen LogP contribution >= 0.6 is 11.6 Å². The number of piperidine rings is 1. The molecule has 0 spiro atoms. The molecule has 0 unspecified atom stereocenters. The summed E-state index contributed by atoms with van der Waals surface area (Å²) in [6, 6.07) is 6.86. The maximum atomic E-state index is 12.6. The molecule has 1 heterocycles. The lowest BCUT2D eigenvalue weighted by Crippen LogP contribution is -2.43. The average Bonchev–Trinajstić information content (AvgIpc) is 2.60. The molecule has 0 atom stereocenters. The van der Waals surface area contributed by atoms with E-state index in [2.05, 4.69) is 12.2 Å². The summed E-state index contributed by atoms with van der Waals surface area (Å²) in [5, 5.41) is 3.56. The molecular formula is C18H27ClN2O3S. The van der Waals surface area contributed by atoms with E-state index in [0.717, 1.165) is 24.8 Å². The van der Waals surface area contributed by atoms with Gasteiger partial charge in [-0.2, -0.15) is 0 Å². The summed E-state index contributed by atoms with van der Waals surface area (Å²) in [6.45, 7) is 3.65. The Kier molecular flexibility index (Phi) is 7.72. The van der Waals surface area contributed by atoms with Gasteiger partial charge in [0.2, 0.25) is 15.9 Å². The first kappa shape index (κ1) is 20.2. The van der Waals surface area contributed by atoms with Crippen molar-refractivity contribution in [3.8, 4) is 0 Å². The lowest BCUT2D eigenvalue weighted by molar-refractivity contribution is -0.126. The number of carbonyl (C=O) groups is 1. The summed E-state index contributed by atoms with van der Waals surface area (Å²) in [5.41, 5.74) is 0.722. The van der Waals surface area contributed by atoms with Crippen LogP contribution in [-0.4, -0.2) is 38.3 Å². The minimum absolute atomic E-state index is 0.0297. The zero-order chi connectivity index (χ0) is 18.3. The first-order valence-corrected chi connectivity index (χ1v) is 10.9. The Morgan fingerprint density at radius 2 is 1.84 bits per heavy atom. The van der Waals surface area contributed by atoms with Gasteiger partial charge in [-0.1, -0.05) is 43.5 Å². The minimum Gasteiger partial charge on any atom is -0.356 e. The van der Waals surface area contributed by atoms with E-state index in [1.807, 2.05) is 0 Å². The van der Waals surface area contributed by atoms with Gasteiger partial charge in [-0.25, -0.2) is 12.7 Å². The molecule has 1 N–H and O–H groups in total. The van der Waals surface area contributed by atoms with Gasteiger partial charge in [0.15, 0.2) is 0 Å². The normalized spacial score (nSPS) is 16.7. The molecule has 2 rings (SSSR count). The van der Waals surface area contributed by atoms with Crippen molar-refractivity contribution in [2.24, 2.45) is 5.92 Å². The number of unbranched alkanes of at least 4 members (excludes halogenated alkanes) is 2. The quantitative estimate of drug-likeness (QED) is 0.697. The van der Waals surface area contributed by atoms with Crippen LogP contribution in [0.5, 0.6) is 0 Å². The first-order valence-electron chi connectivity index (χ1n) is 8.92. The Balaban J connectivity index is 1.82. The summed E-state index contributed by atoms with van der Waals surface area (Å²) in [7, 11) is -3.36. The number of halogens is 1. The third kappa shape index (κ3) is 6.28. The maximum Gasteiger partial charge on any atom is 0.223 e. The summed E-state index contributed by atoms with van der Waals surface area (Å²) >= 11 is 5.83. The number of nitrogens with one attached hydrogen (secondary N) is 1.